The molecule has 0 unspecified atom stereocenters. The van der Waals surface area contributed by atoms with Crippen LogP contribution in [0.4, 0.5) is 11.4 Å². The van der Waals surface area contributed by atoms with Crippen LogP contribution in [0.5, 0.6) is 0 Å². The van der Waals surface area contributed by atoms with E-state index in [0.29, 0.717) is 16.5 Å². The molecule has 3 aromatic rings. The molecule has 2 aromatic carbocycles. The van der Waals surface area contributed by atoms with Gasteiger partial charge in [0.25, 0.3) is 0 Å². The molecule has 0 spiro atoms. The van der Waals surface area contributed by atoms with Crippen LogP contribution < -0.4 is 10.2 Å². The summed E-state index contributed by atoms with van der Waals surface area (Å²) in [4.78, 5) is 27.0. The van der Waals surface area contributed by atoms with Crippen molar-refractivity contribution in [3.8, 4) is 5.69 Å². The van der Waals surface area contributed by atoms with Gasteiger partial charge in [0.2, 0.25) is 17.0 Å². The number of hydrogen-bond acceptors (Lipinski definition) is 6. The largest absolute Gasteiger partial charge is 0.324 e. The molecule has 0 aliphatic carbocycles. The van der Waals surface area contributed by atoms with E-state index in [1.807, 2.05) is 51.1 Å². The third-order valence-electron chi connectivity index (χ3n) is 4.97. The van der Waals surface area contributed by atoms with E-state index >= 15 is 0 Å². The molecular weight excluding hydrogens is 400 g/mol. The summed E-state index contributed by atoms with van der Waals surface area (Å²) in [6, 6.07) is 13.1. The second kappa shape index (κ2) is 8.27. The van der Waals surface area contributed by atoms with Crippen LogP contribution in [0.15, 0.2) is 47.6 Å². The fourth-order valence-electron chi connectivity index (χ4n) is 3.63. The molecule has 0 fully saturated rings. The smallest absolute Gasteiger partial charge is 0.237 e. The molecule has 2 heterocycles. The summed E-state index contributed by atoms with van der Waals surface area (Å²) in [6.45, 7) is 5.91. The first-order chi connectivity index (χ1) is 14.4. The highest BCUT2D eigenvalue weighted by Gasteiger charge is 2.29. The van der Waals surface area contributed by atoms with Crippen LogP contribution in [0, 0.1) is 13.8 Å². The van der Waals surface area contributed by atoms with E-state index in [-0.39, 0.29) is 30.0 Å². The lowest BCUT2D eigenvalue weighted by Gasteiger charge is -2.27. The molecule has 154 valence electrons. The lowest BCUT2D eigenvalue weighted by atomic mass is 10.1. The predicted molar refractivity (Wildman–Crippen MR) is 116 cm³/mol. The van der Waals surface area contributed by atoms with Crippen molar-refractivity contribution in [2.75, 3.05) is 16.0 Å². The Morgan fingerprint density at radius 1 is 1.20 bits per heavy atom. The number of aryl methyl sites for hydroxylation is 2. The molecule has 1 aliphatic heterocycles. The van der Waals surface area contributed by atoms with Crippen molar-refractivity contribution < 1.29 is 9.59 Å². The van der Waals surface area contributed by atoms with Crippen molar-refractivity contribution in [1.29, 1.82) is 0 Å². The Bertz CT molecular complexity index is 1110. The number of anilines is 2. The number of nitrogens with one attached hydrogen (secondary N) is 1. The molecule has 0 radical (unpaired) electrons. The Balaban J connectivity index is 1.56. The van der Waals surface area contributed by atoms with Gasteiger partial charge in [-0.15, -0.1) is 5.10 Å². The number of tetrazole rings is 1. The van der Waals surface area contributed by atoms with Crippen LogP contribution in [0.3, 0.4) is 0 Å². The molecule has 4 rings (SSSR count). The first kappa shape index (κ1) is 20.1. The molecule has 0 saturated heterocycles. The quantitative estimate of drug-likeness (QED) is 0.650. The van der Waals surface area contributed by atoms with Gasteiger partial charge in [-0.1, -0.05) is 41.6 Å². The van der Waals surface area contributed by atoms with Gasteiger partial charge in [-0.05, 0) is 55.0 Å². The van der Waals surface area contributed by atoms with E-state index in [0.717, 1.165) is 16.8 Å². The van der Waals surface area contributed by atoms with Crippen molar-refractivity contribution in [1.82, 2.24) is 20.2 Å². The number of hydrogen-bond donors (Lipinski definition) is 1. The number of rotatable bonds is 4. The van der Waals surface area contributed by atoms with Gasteiger partial charge in [-0.3, -0.25) is 9.59 Å². The van der Waals surface area contributed by atoms with Crippen molar-refractivity contribution in [2.24, 2.45) is 0 Å². The Morgan fingerprint density at radius 2 is 2.00 bits per heavy atom. The summed E-state index contributed by atoms with van der Waals surface area (Å²) in [5.74, 6) is -0.0543. The highest BCUT2D eigenvalue weighted by molar-refractivity contribution is 7.99. The normalized spacial score (nSPS) is 16.0. The zero-order valence-electron chi connectivity index (χ0n) is 17.0. The molecule has 1 N–H and O–H groups in total. The van der Waals surface area contributed by atoms with E-state index in [1.165, 1.54) is 11.8 Å². The van der Waals surface area contributed by atoms with Crippen molar-refractivity contribution in [3.05, 3.63) is 53.6 Å². The van der Waals surface area contributed by atoms with Crippen LogP contribution in [-0.2, 0) is 9.59 Å². The fraction of sp³-hybridized carbons (Fsp3) is 0.286. The van der Waals surface area contributed by atoms with E-state index in [1.54, 1.807) is 15.6 Å². The lowest BCUT2D eigenvalue weighted by Crippen LogP contribution is -2.40. The molecule has 30 heavy (non-hydrogen) atoms. The Kier molecular flexibility index (Phi) is 5.54. The van der Waals surface area contributed by atoms with E-state index in [2.05, 4.69) is 26.9 Å². The maximum atomic E-state index is 13.2. The molecule has 2 amide bonds. The second-order valence-electron chi connectivity index (χ2n) is 7.33. The molecule has 0 saturated carbocycles. The number of thioether (sulfide) groups is 1. The minimum absolute atomic E-state index is 0.100. The van der Waals surface area contributed by atoms with Gasteiger partial charge < -0.3 is 10.2 Å². The molecule has 1 aromatic heterocycles. The average Bonchev–Trinajstić information content (AvgIpc) is 3.11. The van der Waals surface area contributed by atoms with Crippen LogP contribution in [-0.4, -0.2) is 43.8 Å². The maximum absolute atomic E-state index is 13.2. The van der Waals surface area contributed by atoms with Crippen LogP contribution in [0.25, 0.3) is 5.69 Å². The van der Waals surface area contributed by atoms with Gasteiger partial charge in [-0.25, -0.2) is 0 Å². The maximum Gasteiger partial charge on any atom is 0.237 e. The number of fused-ring (bicyclic) bond motifs is 1. The topological polar surface area (TPSA) is 93.0 Å². The number of carbonyl (C=O) groups is 2. The molecule has 1 atom stereocenters. The summed E-state index contributed by atoms with van der Waals surface area (Å²) in [5, 5.41) is 15.4. The van der Waals surface area contributed by atoms with Gasteiger partial charge in [0.05, 0.1) is 22.8 Å². The summed E-state index contributed by atoms with van der Waals surface area (Å²) >= 11 is 1.28. The highest BCUT2D eigenvalue weighted by Crippen LogP contribution is 2.32. The fourth-order valence-corrected chi connectivity index (χ4v) is 4.37. The van der Waals surface area contributed by atoms with E-state index in [4.69, 9.17) is 0 Å². The summed E-state index contributed by atoms with van der Waals surface area (Å²) in [6.07, 6.45) is 0.241. The van der Waals surface area contributed by atoms with Gasteiger partial charge >= 0.3 is 0 Å². The van der Waals surface area contributed by atoms with E-state index < -0.39 is 0 Å². The number of para-hydroxylation sites is 2. The Morgan fingerprint density at radius 3 is 2.80 bits per heavy atom. The first-order valence-corrected chi connectivity index (χ1v) is 10.6. The molecule has 9 heteroatoms. The zero-order chi connectivity index (χ0) is 21.3. The SMILES string of the molecule is Cc1ccc(-n2nnnc2SCC(=O)N2c3ccccc3NC(=O)C[C@@H]2C)c(C)c1. The van der Waals surface area contributed by atoms with Gasteiger partial charge in [0.15, 0.2) is 0 Å². The van der Waals surface area contributed by atoms with Crippen molar-refractivity contribution in [2.45, 2.75) is 38.4 Å². The summed E-state index contributed by atoms with van der Waals surface area (Å²) in [7, 11) is 0. The molecule has 0 bridgehead atoms. The minimum Gasteiger partial charge on any atom is -0.324 e. The minimum atomic E-state index is -0.253. The van der Waals surface area contributed by atoms with Gasteiger partial charge in [-0.2, -0.15) is 4.68 Å². The van der Waals surface area contributed by atoms with Crippen LogP contribution >= 0.6 is 11.8 Å². The molecular formula is C21H22N6O2S. The Labute approximate surface area is 178 Å². The summed E-state index contributed by atoms with van der Waals surface area (Å²) in [5.41, 5.74) is 4.44. The predicted octanol–water partition coefficient (Wildman–Crippen LogP) is 3.14. The number of aromatic nitrogens is 4. The van der Waals surface area contributed by atoms with Crippen LogP contribution in [0.1, 0.15) is 24.5 Å². The Hall–Kier alpha value is -3.20. The monoisotopic (exact) mass is 422 g/mol. The molecule has 1 aliphatic rings. The van der Waals surface area contributed by atoms with Gasteiger partial charge in [0.1, 0.15) is 0 Å². The average molecular weight is 423 g/mol. The van der Waals surface area contributed by atoms with Crippen molar-refractivity contribution >= 4 is 35.0 Å². The zero-order valence-corrected chi connectivity index (χ0v) is 17.8. The summed E-state index contributed by atoms with van der Waals surface area (Å²) < 4.78 is 1.65. The third-order valence-corrected chi connectivity index (χ3v) is 5.88. The number of carbonyl (C=O) groups excluding carboxylic acids is 2. The lowest BCUT2D eigenvalue weighted by molar-refractivity contribution is -0.117. The van der Waals surface area contributed by atoms with Gasteiger partial charge in [0, 0.05) is 12.5 Å². The van der Waals surface area contributed by atoms with Crippen molar-refractivity contribution in [3.63, 3.8) is 0 Å². The third kappa shape index (κ3) is 3.93. The first-order valence-electron chi connectivity index (χ1n) is 9.64. The highest BCUT2D eigenvalue weighted by atomic mass is 32.2. The number of amides is 2. The van der Waals surface area contributed by atoms with Crippen LogP contribution in [0.2, 0.25) is 0 Å². The number of nitrogens with zero attached hydrogens (tertiary/aromatic N) is 5. The number of benzene rings is 2. The second-order valence-corrected chi connectivity index (χ2v) is 8.28. The standard InChI is InChI=1S/C21H22N6O2S/c1-13-8-9-17(14(2)10-13)27-21(23-24-25-27)30-12-20(29)26-15(3)11-19(28)22-16-6-4-5-7-18(16)26/h4-10,15H,11-12H2,1-3H3,(H,22,28)/t15-/m0/s1. The van der Waals surface area contributed by atoms with E-state index in [9.17, 15) is 9.59 Å². The molecule has 8 nitrogen and oxygen atoms in total.